The van der Waals surface area contributed by atoms with Gasteiger partial charge in [0.1, 0.15) is 0 Å². The number of rotatable bonds is 6. The van der Waals surface area contributed by atoms with Crippen molar-refractivity contribution in [1.82, 2.24) is 4.72 Å². The van der Waals surface area contributed by atoms with E-state index in [0.717, 1.165) is 10.0 Å². The Labute approximate surface area is 125 Å². The van der Waals surface area contributed by atoms with E-state index in [1.54, 1.807) is 31.4 Å². The van der Waals surface area contributed by atoms with E-state index in [0.29, 0.717) is 12.2 Å². The third-order valence-electron chi connectivity index (χ3n) is 2.63. The molecule has 0 aliphatic carbocycles. The van der Waals surface area contributed by atoms with E-state index in [4.69, 9.17) is 0 Å². The molecule has 0 fully saturated rings. The zero-order chi connectivity index (χ0) is 14.6. The first-order chi connectivity index (χ1) is 8.72. The molecular weight excluding hydrogens is 350 g/mol. The topological polar surface area (TPSA) is 63.2 Å². The molecule has 0 aromatic heterocycles. The summed E-state index contributed by atoms with van der Waals surface area (Å²) in [7, 11) is -4.42. The Morgan fingerprint density at radius 2 is 2.05 bits per heavy atom. The highest BCUT2D eigenvalue weighted by Crippen LogP contribution is 2.20. The third-order valence-corrected chi connectivity index (χ3v) is 5.92. The minimum absolute atomic E-state index is 0.238. The summed E-state index contributed by atoms with van der Waals surface area (Å²) in [4.78, 5) is 0.248. The van der Waals surface area contributed by atoms with Crippen LogP contribution in [-0.4, -0.2) is 30.7 Å². The molecule has 1 N–H and O–H groups in total. The van der Waals surface area contributed by atoms with Crippen LogP contribution in [0.1, 0.15) is 18.9 Å². The number of hydrogen-bond donors (Lipinski definition) is 1. The maximum Gasteiger partial charge on any atom is 0.240 e. The molecule has 7 heteroatoms. The van der Waals surface area contributed by atoms with E-state index in [2.05, 4.69) is 20.7 Å². The third kappa shape index (κ3) is 5.33. The molecule has 4 nitrogen and oxygen atoms in total. The summed E-state index contributed by atoms with van der Waals surface area (Å²) in [5, 5.41) is 0. The van der Waals surface area contributed by atoms with Crippen LogP contribution < -0.4 is 4.72 Å². The summed E-state index contributed by atoms with van der Waals surface area (Å²) in [6, 6.07) is 4.66. The van der Waals surface area contributed by atoms with Crippen LogP contribution in [0.2, 0.25) is 0 Å². The van der Waals surface area contributed by atoms with Gasteiger partial charge in [-0.2, -0.15) is 0 Å². The Hall–Kier alpha value is -0.240. The average molecular weight is 368 g/mol. The fourth-order valence-corrected chi connectivity index (χ4v) is 3.81. The van der Waals surface area contributed by atoms with Crippen molar-refractivity contribution in [3.05, 3.63) is 28.2 Å². The second-order valence-electron chi connectivity index (χ2n) is 4.50. The maximum absolute atomic E-state index is 12.1. The maximum atomic E-state index is 12.1. The van der Waals surface area contributed by atoms with Crippen molar-refractivity contribution in [3.8, 4) is 0 Å². The molecule has 1 aromatic carbocycles. The van der Waals surface area contributed by atoms with Gasteiger partial charge in [0, 0.05) is 33.3 Å². The summed E-state index contributed by atoms with van der Waals surface area (Å²) < 4.78 is 38.8. The predicted molar refractivity (Wildman–Crippen MR) is 82.2 cm³/mol. The fourth-order valence-electron chi connectivity index (χ4n) is 1.52. The van der Waals surface area contributed by atoms with E-state index in [1.807, 2.05) is 6.92 Å². The van der Waals surface area contributed by atoms with E-state index in [1.165, 1.54) is 0 Å². The molecule has 0 bridgehead atoms. The fraction of sp³-hybridized carbons (Fsp3) is 0.500. The number of halogens is 1. The van der Waals surface area contributed by atoms with Crippen molar-refractivity contribution in [2.24, 2.45) is 0 Å². The predicted octanol–water partition coefficient (Wildman–Crippen LogP) is 2.19. The monoisotopic (exact) mass is 367 g/mol. The molecule has 0 saturated heterocycles. The normalized spacial score (nSPS) is 15.2. The van der Waals surface area contributed by atoms with Gasteiger partial charge in [0.15, 0.2) is 0 Å². The van der Waals surface area contributed by atoms with Crippen molar-refractivity contribution < 1.29 is 12.6 Å². The van der Waals surface area contributed by atoms with Crippen LogP contribution in [0.5, 0.6) is 0 Å². The van der Waals surface area contributed by atoms with Gasteiger partial charge in [-0.05, 0) is 44.0 Å². The second kappa shape index (κ2) is 6.97. The van der Waals surface area contributed by atoms with Gasteiger partial charge in [-0.15, -0.1) is 0 Å². The molecule has 2 unspecified atom stereocenters. The zero-order valence-corrected chi connectivity index (χ0v) is 14.4. The Kier molecular flexibility index (Phi) is 6.16. The summed E-state index contributed by atoms with van der Waals surface area (Å²) in [5.74, 6) is 0.489. The molecular formula is C12H18BrNO3S2. The molecule has 0 spiro atoms. The van der Waals surface area contributed by atoms with Gasteiger partial charge in [0.25, 0.3) is 0 Å². The molecule has 2 atom stereocenters. The largest absolute Gasteiger partial charge is 0.260 e. The number of sulfonamides is 1. The molecule has 108 valence electrons. The number of nitrogens with one attached hydrogen (secondary N) is 1. The lowest BCUT2D eigenvalue weighted by molar-refractivity contribution is 0.555. The van der Waals surface area contributed by atoms with Gasteiger partial charge in [-0.3, -0.25) is 4.21 Å². The van der Waals surface area contributed by atoms with E-state index in [-0.39, 0.29) is 10.9 Å². The molecule has 0 saturated carbocycles. The van der Waals surface area contributed by atoms with E-state index >= 15 is 0 Å². The lowest BCUT2D eigenvalue weighted by Gasteiger charge is -2.14. The minimum Gasteiger partial charge on any atom is -0.260 e. The van der Waals surface area contributed by atoms with E-state index < -0.39 is 20.8 Å². The molecule has 0 aliphatic rings. The van der Waals surface area contributed by atoms with Gasteiger partial charge >= 0.3 is 0 Å². The Bertz CT molecular complexity index is 572. The van der Waals surface area contributed by atoms with Crippen LogP contribution in [0.4, 0.5) is 0 Å². The number of aryl methyl sites for hydroxylation is 1. The summed E-state index contributed by atoms with van der Waals surface area (Å²) >= 11 is 3.34. The van der Waals surface area contributed by atoms with Crippen molar-refractivity contribution >= 4 is 36.8 Å². The van der Waals surface area contributed by atoms with Crippen LogP contribution >= 0.6 is 15.9 Å². The first-order valence-corrected chi connectivity index (χ1v) is 9.81. The van der Waals surface area contributed by atoms with Gasteiger partial charge in [0.05, 0.1) is 4.90 Å². The van der Waals surface area contributed by atoms with Crippen LogP contribution in [-0.2, 0) is 20.8 Å². The first-order valence-electron chi connectivity index (χ1n) is 5.81. The molecule has 0 aliphatic heterocycles. The molecule has 1 rings (SSSR count). The average Bonchev–Trinajstić information content (AvgIpc) is 2.29. The SMILES string of the molecule is Cc1cc(S(=O)(=O)NC(C)CCS(C)=O)ccc1Br. The summed E-state index contributed by atoms with van der Waals surface area (Å²) in [6.45, 7) is 3.61. The van der Waals surface area contributed by atoms with Crippen molar-refractivity contribution in [3.63, 3.8) is 0 Å². The number of hydrogen-bond acceptors (Lipinski definition) is 3. The molecule has 0 amide bonds. The van der Waals surface area contributed by atoms with Crippen LogP contribution in [0.3, 0.4) is 0 Å². The van der Waals surface area contributed by atoms with Gasteiger partial charge in [-0.1, -0.05) is 15.9 Å². The lowest BCUT2D eigenvalue weighted by Crippen LogP contribution is -2.33. The highest BCUT2D eigenvalue weighted by Gasteiger charge is 2.18. The zero-order valence-electron chi connectivity index (χ0n) is 11.1. The molecule has 19 heavy (non-hydrogen) atoms. The van der Waals surface area contributed by atoms with Crippen LogP contribution in [0.25, 0.3) is 0 Å². The van der Waals surface area contributed by atoms with Gasteiger partial charge in [0.2, 0.25) is 10.0 Å². The van der Waals surface area contributed by atoms with E-state index in [9.17, 15) is 12.6 Å². The van der Waals surface area contributed by atoms with Gasteiger partial charge in [-0.25, -0.2) is 13.1 Å². The highest BCUT2D eigenvalue weighted by atomic mass is 79.9. The van der Waals surface area contributed by atoms with Crippen molar-refractivity contribution in [2.45, 2.75) is 31.2 Å². The van der Waals surface area contributed by atoms with Gasteiger partial charge < -0.3 is 0 Å². The lowest BCUT2D eigenvalue weighted by atomic mass is 10.2. The quantitative estimate of drug-likeness (QED) is 0.837. The summed E-state index contributed by atoms with van der Waals surface area (Å²) in [6.07, 6.45) is 2.16. The van der Waals surface area contributed by atoms with Crippen molar-refractivity contribution in [2.75, 3.05) is 12.0 Å². The smallest absolute Gasteiger partial charge is 0.240 e. The Morgan fingerprint density at radius 3 is 2.58 bits per heavy atom. The molecule has 0 radical (unpaired) electrons. The first kappa shape index (κ1) is 16.8. The molecule has 1 aromatic rings. The van der Waals surface area contributed by atoms with Crippen LogP contribution in [0, 0.1) is 6.92 Å². The Balaban J connectivity index is 2.80. The second-order valence-corrected chi connectivity index (χ2v) is 8.62. The Morgan fingerprint density at radius 1 is 1.42 bits per heavy atom. The minimum atomic E-state index is -3.52. The number of benzene rings is 1. The molecule has 0 heterocycles. The highest BCUT2D eigenvalue weighted by molar-refractivity contribution is 9.10. The standard InChI is InChI=1S/C12H18BrNO3S2/c1-9-8-11(4-5-12(9)13)19(16,17)14-10(2)6-7-18(3)15/h4-5,8,10,14H,6-7H2,1-3H3. The summed E-state index contributed by atoms with van der Waals surface area (Å²) in [5.41, 5.74) is 0.866. The van der Waals surface area contributed by atoms with Crippen molar-refractivity contribution in [1.29, 1.82) is 0 Å². The van der Waals surface area contributed by atoms with Crippen LogP contribution in [0.15, 0.2) is 27.6 Å².